The van der Waals surface area contributed by atoms with Crippen molar-refractivity contribution < 1.29 is 0 Å². The Morgan fingerprint density at radius 3 is 2.81 bits per heavy atom. The molecule has 1 heterocycles. The second-order valence-electron chi connectivity index (χ2n) is 4.64. The van der Waals surface area contributed by atoms with Gasteiger partial charge in [-0.05, 0) is 43.7 Å². The Hall–Kier alpha value is -1.56. The normalized spacial score (nSPS) is 24.8. The molecule has 0 saturated heterocycles. The standard InChI is InChI=1S/C13H17N3/c1-10-2-4-12(5-3-10)16-13-8-11(9-14)6-7-15-13/h6-8,10,12H,2-5H2,1H3,(H,15,16). The smallest absolute Gasteiger partial charge is 0.127 e. The maximum atomic E-state index is 8.80. The lowest BCUT2D eigenvalue weighted by atomic mass is 9.87. The van der Waals surface area contributed by atoms with E-state index in [2.05, 4.69) is 23.3 Å². The van der Waals surface area contributed by atoms with Crippen molar-refractivity contribution in [1.82, 2.24) is 4.98 Å². The Morgan fingerprint density at radius 2 is 2.12 bits per heavy atom. The molecule has 0 spiro atoms. The molecule has 0 unspecified atom stereocenters. The molecular formula is C13H17N3. The van der Waals surface area contributed by atoms with Gasteiger partial charge in [-0.2, -0.15) is 5.26 Å². The van der Waals surface area contributed by atoms with E-state index >= 15 is 0 Å². The van der Waals surface area contributed by atoms with Crippen LogP contribution in [0.25, 0.3) is 0 Å². The lowest BCUT2D eigenvalue weighted by molar-refractivity contribution is 0.361. The number of anilines is 1. The quantitative estimate of drug-likeness (QED) is 0.825. The highest BCUT2D eigenvalue weighted by Crippen LogP contribution is 2.25. The molecule has 1 N–H and O–H groups in total. The summed E-state index contributed by atoms with van der Waals surface area (Å²) in [5.41, 5.74) is 0.668. The maximum absolute atomic E-state index is 8.80. The second-order valence-corrected chi connectivity index (χ2v) is 4.64. The Balaban J connectivity index is 1.96. The number of nitrogens with one attached hydrogen (secondary N) is 1. The van der Waals surface area contributed by atoms with Gasteiger partial charge < -0.3 is 5.32 Å². The van der Waals surface area contributed by atoms with E-state index in [1.165, 1.54) is 25.7 Å². The fourth-order valence-corrected chi connectivity index (χ4v) is 2.19. The van der Waals surface area contributed by atoms with Crippen LogP contribution >= 0.6 is 0 Å². The first-order valence-corrected chi connectivity index (χ1v) is 5.90. The fraction of sp³-hybridized carbons (Fsp3) is 0.538. The number of aromatic nitrogens is 1. The molecule has 3 heteroatoms. The van der Waals surface area contributed by atoms with Gasteiger partial charge in [0, 0.05) is 12.2 Å². The number of pyridine rings is 1. The molecule has 16 heavy (non-hydrogen) atoms. The van der Waals surface area contributed by atoms with Crippen LogP contribution in [0.1, 0.15) is 38.2 Å². The molecule has 84 valence electrons. The van der Waals surface area contributed by atoms with Crippen LogP contribution in [0.4, 0.5) is 5.82 Å². The van der Waals surface area contributed by atoms with Gasteiger partial charge in [0.1, 0.15) is 5.82 Å². The van der Waals surface area contributed by atoms with Gasteiger partial charge in [0.25, 0.3) is 0 Å². The Morgan fingerprint density at radius 1 is 1.38 bits per heavy atom. The first-order valence-electron chi connectivity index (χ1n) is 5.90. The number of nitriles is 1. The maximum Gasteiger partial charge on any atom is 0.127 e. The van der Waals surface area contributed by atoms with Crippen molar-refractivity contribution in [2.45, 2.75) is 38.6 Å². The number of nitrogens with zero attached hydrogens (tertiary/aromatic N) is 2. The van der Waals surface area contributed by atoms with Gasteiger partial charge in [-0.25, -0.2) is 4.98 Å². The van der Waals surface area contributed by atoms with E-state index in [1.54, 1.807) is 12.3 Å². The van der Waals surface area contributed by atoms with E-state index in [0.29, 0.717) is 11.6 Å². The summed E-state index contributed by atoms with van der Waals surface area (Å²) in [7, 11) is 0. The minimum Gasteiger partial charge on any atom is -0.367 e. The van der Waals surface area contributed by atoms with Crippen LogP contribution in [0.2, 0.25) is 0 Å². The Bertz CT molecular complexity index is 386. The molecule has 0 aromatic carbocycles. The predicted molar refractivity (Wildman–Crippen MR) is 64.0 cm³/mol. The van der Waals surface area contributed by atoms with Gasteiger partial charge >= 0.3 is 0 Å². The predicted octanol–water partition coefficient (Wildman–Crippen LogP) is 2.94. The molecule has 1 aliphatic carbocycles. The summed E-state index contributed by atoms with van der Waals surface area (Å²) in [6.07, 6.45) is 6.68. The van der Waals surface area contributed by atoms with Gasteiger partial charge in [0.15, 0.2) is 0 Å². The third-order valence-electron chi connectivity index (χ3n) is 3.26. The highest BCUT2D eigenvalue weighted by molar-refractivity contribution is 5.43. The van der Waals surface area contributed by atoms with E-state index in [-0.39, 0.29) is 0 Å². The minimum absolute atomic E-state index is 0.526. The first-order chi connectivity index (χ1) is 7.78. The van der Waals surface area contributed by atoms with Crippen LogP contribution in [0, 0.1) is 17.2 Å². The molecule has 3 nitrogen and oxygen atoms in total. The van der Waals surface area contributed by atoms with Gasteiger partial charge in [0.05, 0.1) is 11.6 Å². The van der Waals surface area contributed by atoms with Crippen molar-refractivity contribution in [2.75, 3.05) is 5.32 Å². The topological polar surface area (TPSA) is 48.7 Å². The summed E-state index contributed by atoms with van der Waals surface area (Å²) in [6, 6.07) is 6.21. The van der Waals surface area contributed by atoms with Crippen LogP contribution in [0.3, 0.4) is 0 Å². The molecule has 1 aromatic heterocycles. The van der Waals surface area contributed by atoms with Crippen LogP contribution < -0.4 is 5.32 Å². The lowest BCUT2D eigenvalue weighted by Crippen LogP contribution is -2.25. The zero-order valence-electron chi connectivity index (χ0n) is 9.61. The molecule has 1 aliphatic rings. The van der Waals surface area contributed by atoms with Crippen molar-refractivity contribution in [3.8, 4) is 6.07 Å². The molecule has 0 aliphatic heterocycles. The molecule has 0 radical (unpaired) electrons. The number of rotatable bonds is 2. The molecular weight excluding hydrogens is 198 g/mol. The first kappa shape index (κ1) is 10.9. The van der Waals surface area contributed by atoms with Gasteiger partial charge in [-0.1, -0.05) is 6.92 Å². The highest BCUT2D eigenvalue weighted by atomic mass is 15.0. The number of hydrogen-bond donors (Lipinski definition) is 1. The zero-order chi connectivity index (χ0) is 11.4. The SMILES string of the molecule is CC1CCC(Nc2cc(C#N)ccn2)CC1. The third kappa shape index (κ3) is 2.73. The van der Waals surface area contributed by atoms with Crippen molar-refractivity contribution >= 4 is 5.82 Å². The third-order valence-corrected chi connectivity index (χ3v) is 3.26. The van der Waals surface area contributed by atoms with Crippen LogP contribution in [0.5, 0.6) is 0 Å². The minimum atomic E-state index is 0.526. The summed E-state index contributed by atoms with van der Waals surface area (Å²) in [6.45, 7) is 2.31. The second kappa shape index (κ2) is 4.98. The Kier molecular flexibility index (Phi) is 3.40. The van der Waals surface area contributed by atoms with E-state index in [0.717, 1.165) is 11.7 Å². The van der Waals surface area contributed by atoms with Crippen molar-refractivity contribution in [2.24, 2.45) is 5.92 Å². The van der Waals surface area contributed by atoms with E-state index in [4.69, 9.17) is 5.26 Å². The van der Waals surface area contributed by atoms with Crippen molar-refractivity contribution in [3.05, 3.63) is 23.9 Å². The van der Waals surface area contributed by atoms with Crippen molar-refractivity contribution in [1.29, 1.82) is 5.26 Å². The summed E-state index contributed by atoms with van der Waals surface area (Å²) >= 11 is 0. The lowest BCUT2D eigenvalue weighted by Gasteiger charge is -2.27. The molecule has 0 atom stereocenters. The molecule has 1 fully saturated rings. The summed E-state index contributed by atoms with van der Waals surface area (Å²) in [4.78, 5) is 4.24. The fourth-order valence-electron chi connectivity index (χ4n) is 2.19. The number of hydrogen-bond acceptors (Lipinski definition) is 3. The zero-order valence-corrected chi connectivity index (χ0v) is 9.61. The average molecular weight is 215 g/mol. The van der Waals surface area contributed by atoms with E-state index < -0.39 is 0 Å². The van der Waals surface area contributed by atoms with Crippen LogP contribution in [-0.4, -0.2) is 11.0 Å². The molecule has 0 bridgehead atoms. The molecule has 0 amide bonds. The monoisotopic (exact) mass is 215 g/mol. The van der Waals surface area contributed by atoms with Gasteiger partial charge in [-0.15, -0.1) is 0 Å². The average Bonchev–Trinajstić information content (AvgIpc) is 2.32. The summed E-state index contributed by atoms with van der Waals surface area (Å²) in [5, 5.41) is 12.2. The highest BCUT2D eigenvalue weighted by Gasteiger charge is 2.18. The van der Waals surface area contributed by atoms with E-state index in [1.807, 2.05) is 6.07 Å². The largest absolute Gasteiger partial charge is 0.367 e. The molecule has 1 aromatic rings. The van der Waals surface area contributed by atoms with Crippen molar-refractivity contribution in [3.63, 3.8) is 0 Å². The van der Waals surface area contributed by atoms with Gasteiger partial charge in [-0.3, -0.25) is 0 Å². The van der Waals surface area contributed by atoms with Gasteiger partial charge in [0.2, 0.25) is 0 Å². The summed E-state index contributed by atoms with van der Waals surface area (Å²) < 4.78 is 0. The van der Waals surface area contributed by atoms with E-state index in [9.17, 15) is 0 Å². The summed E-state index contributed by atoms with van der Waals surface area (Å²) in [5.74, 6) is 1.69. The molecule has 1 saturated carbocycles. The van der Waals surface area contributed by atoms with Crippen LogP contribution in [-0.2, 0) is 0 Å². The Labute approximate surface area is 96.5 Å². The van der Waals surface area contributed by atoms with Crippen LogP contribution in [0.15, 0.2) is 18.3 Å². The molecule has 2 rings (SSSR count).